The van der Waals surface area contributed by atoms with E-state index in [-0.39, 0.29) is 12.8 Å². The number of aliphatic carboxylic acids is 2. The number of benzene rings is 1. The number of carboxylic acids is 2. The summed E-state index contributed by atoms with van der Waals surface area (Å²) in [6.45, 7) is 3.89. The molecule has 0 spiro atoms. The van der Waals surface area contributed by atoms with E-state index in [2.05, 4.69) is 0 Å². The molecule has 1 atom stereocenters. The third-order valence-electron chi connectivity index (χ3n) is 3.03. The summed E-state index contributed by atoms with van der Waals surface area (Å²) >= 11 is 0. The normalized spacial score (nSPS) is 12.1. The van der Waals surface area contributed by atoms with E-state index >= 15 is 0 Å². The van der Waals surface area contributed by atoms with Gasteiger partial charge in [-0.3, -0.25) is 9.59 Å². The molecule has 0 aliphatic carbocycles. The van der Waals surface area contributed by atoms with Crippen molar-refractivity contribution in [3.63, 3.8) is 0 Å². The summed E-state index contributed by atoms with van der Waals surface area (Å²) in [5, 5.41) is 17.7. The molecule has 18 heavy (non-hydrogen) atoms. The van der Waals surface area contributed by atoms with Crippen LogP contribution in [0.4, 0.5) is 0 Å². The van der Waals surface area contributed by atoms with Crippen LogP contribution < -0.4 is 0 Å². The molecule has 0 aromatic heterocycles. The van der Waals surface area contributed by atoms with Crippen molar-refractivity contribution in [1.29, 1.82) is 0 Å². The van der Waals surface area contributed by atoms with Crippen LogP contribution in [0.5, 0.6) is 0 Å². The first-order valence-corrected chi connectivity index (χ1v) is 5.91. The number of hydrogen-bond acceptors (Lipinski definition) is 2. The lowest BCUT2D eigenvalue weighted by Gasteiger charge is -2.13. The molecule has 4 nitrogen and oxygen atoms in total. The lowest BCUT2D eigenvalue weighted by molar-refractivity contribution is -0.142. The molecule has 0 aliphatic rings. The van der Waals surface area contributed by atoms with E-state index in [9.17, 15) is 9.59 Å². The molecular formula is C14H18O4. The maximum atomic E-state index is 11.1. The predicted octanol–water partition coefficient (Wildman–Crippen LogP) is 2.41. The molecule has 1 aromatic carbocycles. The second kappa shape index (κ2) is 6.19. The maximum Gasteiger partial charge on any atom is 0.306 e. The summed E-state index contributed by atoms with van der Waals surface area (Å²) in [6, 6.07) is 5.90. The Labute approximate surface area is 106 Å². The number of carbonyl (C=O) groups is 2. The van der Waals surface area contributed by atoms with Crippen molar-refractivity contribution in [1.82, 2.24) is 0 Å². The molecule has 0 amide bonds. The Balaban J connectivity index is 2.79. The van der Waals surface area contributed by atoms with Crippen LogP contribution in [0.25, 0.3) is 0 Å². The molecule has 1 aromatic rings. The third kappa shape index (κ3) is 4.20. The topological polar surface area (TPSA) is 74.6 Å². The van der Waals surface area contributed by atoms with E-state index in [1.165, 1.54) is 0 Å². The minimum atomic E-state index is -0.956. The number of hydrogen-bond donors (Lipinski definition) is 2. The highest BCUT2D eigenvalue weighted by Crippen LogP contribution is 2.19. The molecule has 0 aliphatic heterocycles. The minimum absolute atomic E-state index is 0.109. The number of carboxylic acid groups (broad SMARTS) is 2. The van der Waals surface area contributed by atoms with Gasteiger partial charge in [0.1, 0.15) is 0 Å². The largest absolute Gasteiger partial charge is 0.481 e. The summed E-state index contributed by atoms with van der Waals surface area (Å²) in [6.07, 6.45) is 0.440. The van der Waals surface area contributed by atoms with Crippen LogP contribution in [0.1, 0.15) is 29.5 Å². The molecule has 0 heterocycles. The fourth-order valence-corrected chi connectivity index (χ4v) is 1.90. The standard InChI is InChI=1S/C14H18O4/c1-9-3-4-10(2)12(7-9)8-11(14(17)18)5-6-13(15)16/h3-4,7,11H,5-6,8H2,1-2H3,(H,15,16)(H,17,18). The fourth-order valence-electron chi connectivity index (χ4n) is 1.90. The number of rotatable bonds is 6. The van der Waals surface area contributed by atoms with Gasteiger partial charge in [-0.25, -0.2) is 0 Å². The summed E-state index contributed by atoms with van der Waals surface area (Å²) in [7, 11) is 0. The Bertz CT molecular complexity index is 451. The summed E-state index contributed by atoms with van der Waals surface area (Å²) in [4.78, 5) is 21.6. The molecule has 1 unspecified atom stereocenters. The van der Waals surface area contributed by atoms with E-state index in [0.717, 1.165) is 16.7 Å². The van der Waals surface area contributed by atoms with Crippen LogP contribution in [-0.4, -0.2) is 22.2 Å². The SMILES string of the molecule is Cc1ccc(C)c(CC(CCC(=O)O)C(=O)O)c1. The first-order chi connectivity index (χ1) is 8.40. The molecule has 1 rings (SSSR count). The molecule has 0 saturated carbocycles. The second-order valence-corrected chi connectivity index (χ2v) is 4.60. The fraction of sp³-hybridized carbons (Fsp3) is 0.429. The Morgan fingerprint density at radius 2 is 1.89 bits per heavy atom. The predicted molar refractivity (Wildman–Crippen MR) is 67.6 cm³/mol. The van der Waals surface area contributed by atoms with Gasteiger partial charge in [0.2, 0.25) is 0 Å². The van der Waals surface area contributed by atoms with Crippen molar-refractivity contribution in [2.45, 2.75) is 33.1 Å². The van der Waals surface area contributed by atoms with Gasteiger partial charge in [0, 0.05) is 6.42 Å². The third-order valence-corrected chi connectivity index (χ3v) is 3.03. The Morgan fingerprint density at radius 3 is 2.44 bits per heavy atom. The molecule has 0 fully saturated rings. The average molecular weight is 250 g/mol. The number of aryl methyl sites for hydroxylation is 2. The second-order valence-electron chi connectivity index (χ2n) is 4.60. The Kier molecular flexibility index (Phi) is 4.89. The maximum absolute atomic E-state index is 11.1. The molecule has 4 heteroatoms. The summed E-state index contributed by atoms with van der Waals surface area (Å²) < 4.78 is 0. The van der Waals surface area contributed by atoms with Crippen LogP contribution in [0.15, 0.2) is 18.2 Å². The molecule has 0 saturated heterocycles. The Hall–Kier alpha value is -1.84. The van der Waals surface area contributed by atoms with E-state index in [0.29, 0.717) is 6.42 Å². The van der Waals surface area contributed by atoms with Crippen LogP contribution >= 0.6 is 0 Å². The van der Waals surface area contributed by atoms with Crippen molar-refractivity contribution in [2.75, 3.05) is 0 Å². The van der Waals surface area contributed by atoms with E-state index in [1.807, 2.05) is 32.0 Å². The van der Waals surface area contributed by atoms with Gasteiger partial charge in [-0.15, -0.1) is 0 Å². The highest BCUT2D eigenvalue weighted by molar-refractivity contribution is 5.72. The van der Waals surface area contributed by atoms with Crippen molar-refractivity contribution in [3.05, 3.63) is 34.9 Å². The van der Waals surface area contributed by atoms with Gasteiger partial charge in [0.05, 0.1) is 5.92 Å². The highest BCUT2D eigenvalue weighted by Gasteiger charge is 2.20. The van der Waals surface area contributed by atoms with Crippen molar-refractivity contribution >= 4 is 11.9 Å². The molecule has 0 bridgehead atoms. The molecule has 98 valence electrons. The molecular weight excluding hydrogens is 232 g/mol. The van der Waals surface area contributed by atoms with E-state index in [1.54, 1.807) is 0 Å². The van der Waals surface area contributed by atoms with Gasteiger partial charge in [0.25, 0.3) is 0 Å². The molecule has 2 N–H and O–H groups in total. The van der Waals surface area contributed by atoms with Crippen molar-refractivity contribution < 1.29 is 19.8 Å². The van der Waals surface area contributed by atoms with Gasteiger partial charge in [0.15, 0.2) is 0 Å². The first kappa shape index (κ1) is 14.2. The van der Waals surface area contributed by atoms with Gasteiger partial charge in [-0.05, 0) is 37.8 Å². The van der Waals surface area contributed by atoms with Gasteiger partial charge in [-0.1, -0.05) is 23.8 Å². The van der Waals surface area contributed by atoms with Crippen LogP contribution in [-0.2, 0) is 16.0 Å². The van der Waals surface area contributed by atoms with Gasteiger partial charge < -0.3 is 10.2 Å². The zero-order valence-corrected chi connectivity index (χ0v) is 10.6. The minimum Gasteiger partial charge on any atom is -0.481 e. The average Bonchev–Trinajstić information content (AvgIpc) is 2.28. The van der Waals surface area contributed by atoms with Crippen molar-refractivity contribution in [2.24, 2.45) is 5.92 Å². The lowest BCUT2D eigenvalue weighted by Crippen LogP contribution is -2.18. The Morgan fingerprint density at radius 1 is 1.22 bits per heavy atom. The molecule has 0 radical (unpaired) electrons. The summed E-state index contributed by atoms with van der Waals surface area (Å²) in [5.41, 5.74) is 3.10. The van der Waals surface area contributed by atoms with Gasteiger partial charge >= 0.3 is 11.9 Å². The van der Waals surface area contributed by atoms with Crippen LogP contribution in [0.2, 0.25) is 0 Å². The quantitative estimate of drug-likeness (QED) is 0.813. The van der Waals surface area contributed by atoms with E-state index in [4.69, 9.17) is 10.2 Å². The lowest BCUT2D eigenvalue weighted by atomic mass is 9.92. The van der Waals surface area contributed by atoms with Crippen LogP contribution in [0, 0.1) is 19.8 Å². The smallest absolute Gasteiger partial charge is 0.306 e. The van der Waals surface area contributed by atoms with E-state index < -0.39 is 17.9 Å². The zero-order chi connectivity index (χ0) is 13.7. The van der Waals surface area contributed by atoms with Gasteiger partial charge in [-0.2, -0.15) is 0 Å². The highest BCUT2D eigenvalue weighted by atomic mass is 16.4. The van der Waals surface area contributed by atoms with Crippen molar-refractivity contribution in [3.8, 4) is 0 Å². The summed E-state index contributed by atoms with van der Waals surface area (Å²) in [5.74, 6) is -2.53. The zero-order valence-electron chi connectivity index (χ0n) is 10.6. The van der Waals surface area contributed by atoms with Crippen LogP contribution in [0.3, 0.4) is 0 Å². The first-order valence-electron chi connectivity index (χ1n) is 5.91. The monoisotopic (exact) mass is 250 g/mol.